The largest absolute Gasteiger partial charge is 0.309 e. The van der Waals surface area contributed by atoms with Gasteiger partial charge in [0.1, 0.15) is 0 Å². The SMILES string of the molecule is C1=CC2c3ccccc3[C@]3(c4cc(/C=C/c5ccc(N(c6cccc7ccccc67)c6cccc7ccccc67)cc5)ccc4-c4c5c(c6c(c43)-c3ccc(/C=C/c4ccc(N(c7cccc8ccccc78)c7cccc8ccccc78)cc4)cc3C63c4ccccc4-c4ccccc43)-c3ccc(/C=C/c4ccc(N(c6cccc7ccccc67)c6cccc7ccccc67)cc4)cc3C53c4ccccc4-c4ccccc43)C2C=C1. The van der Waals surface area contributed by atoms with Crippen LogP contribution in [0.1, 0.15) is 106 Å². The van der Waals surface area contributed by atoms with Crippen LogP contribution in [0.15, 0.2) is 528 Å². The van der Waals surface area contributed by atoms with Crippen molar-refractivity contribution in [1.82, 2.24) is 0 Å². The summed E-state index contributed by atoms with van der Waals surface area (Å²) in [6.07, 6.45) is 24.1. The summed E-state index contributed by atoms with van der Waals surface area (Å²) in [5.41, 5.74) is 43.0. The fourth-order valence-corrected chi connectivity index (χ4v) is 28.0. The molecule has 150 heavy (non-hydrogen) atoms. The van der Waals surface area contributed by atoms with Crippen LogP contribution in [-0.4, -0.2) is 0 Å². The van der Waals surface area contributed by atoms with Crippen LogP contribution in [0.2, 0.25) is 0 Å². The topological polar surface area (TPSA) is 9.72 Å². The Labute approximate surface area is 872 Å². The van der Waals surface area contributed by atoms with Crippen molar-refractivity contribution in [2.75, 3.05) is 14.7 Å². The minimum Gasteiger partial charge on any atom is -0.309 e. The average molecular weight is 1900 g/mol. The number of fused-ring (bicyclic) bond motifs is 39. The lowest BCUT2D eigenvalue weighted by molar-refractivity contribution is 0.466. The molecule has 7 aliphatic carbocycles. The van der Waals surface area contributed by atoms with Gasteiger partial charge in [-0.3, -0.25) is 0 Å². The van der Waals surface area contributed by atoms with Gasteiger partial charge in [-0.15, -0.1) is 0 Å². The number of hydrogen-bond acceptors (Lipinski definition) is 3. The fraction of sp³-hybridized carbons (Fsp3) is 0.0340. The third kappa shape index (κ3) is 12.4. The van der Waals surface area contributed by atoms with E-state index in [4.69, 9.17) is 0 Å². The molecule has 3 atom stereocenters. The van der Waals surface area contributed by atoms with E-state index in [0.717, 1.165) is 84.6 Å². The first-order chi connectivity index (χ1) is 74.4. The van der Waals surface area contributed by atoms with E-state index in [2.05, 4.69) is 579 Å². The maximum Gasteiger partial charge on any atom is 0.0731 e. The van der Waals surface area contributed by atoms with Gasteiger partial charge in [0.25, 0.3) is 0 Å². The van der Waals surface area contributed by atoms with Gasteiger partial charge in [0.05, 0.1) is 50.4 Å². The van der Waals surface area contributed by atoms with Crippen LogP contribution in [0.3, 0.4) is 0 Å². The highest BCUT2D eigenvalue weighted by atomic mass is 15.2. The molecular weight excluding hydrogens is 1810 g/mol. The van der Waals surface area contributed by atoms with Gasteiger partial charge in [0, 0.05) is 61.2 Å². The summed E-state index contributed by atoms with van der Waals surface area (Å²) in [6, 6.07) is 191. The molecule has 0 amide bonds. The third-order valence-electron chi connectivity index (χ3n) is 34.0. The summed E-state index contributed by atoms with van der Waals surface area (Å²) in [4.78, 5) is 7.37. The lowest BCUT2D eigenvalue weighted by Crippen LogP contribution is -2.35. The molecule has 7 aliphatic rings. The smallest absolute Gasteiger partial charge is 0.0731 e. The van der Waals surface area contributed by atoms with Crippen LogP contribution in [-0.2, 0) is 16.2 Å². The van der Waals surface area contributed by atoms with Crippen LogP contribution in [0, 0.1) is 5.92 Å². The second-order valence-corrected chi connectivity index (χ2v) is 41.3. The van der Waals surface area contributed by atoms with Crippen LogP contribution in [0.25, 0.3) is 157 Å². The van der Waals surface area contributed by atoms with Crippen molar-refractivity contribution in [2.45, 2.75) is 22.2 Å². The molecule has 698 valence electrons. The second-order valence-electron chi connectivity index (χ2n) is 41.3. The van der Waals surface area contributed by atoms with Crippen LogP contribution in [0.5, 0.6) is 0 Å². The van der Waals surface area contributed by atoms with Crippen LogP contribution < -0.4 is 14.7 Å². The van der Waals surface area contributed by atoms with Crippen molar-refractivity contribution in [2.24, 2.45) is 5.92 Å². The summed E-state index contributed by atoms with van der Waals surface area (Å²) in [6.45, 7) is 0. The molecule has 3 nitrogen and oxygen atoms in total. The minimum absolute atomic E-state index is 0.0451. The monoisotopic (exact) mass is 1900 g/mol. The quantitative estimate of drug-likeness (QED) is 0.0947. The standard InChI is InChI=1S/C147H95N3/c1-7-43-109-100(31-1)37-25-61-133(109)148(134-62-26-38-101-32-2-8-44-110(101)134)106-82-73-94(74-83-106)67-70-97-79-88-121-130(91-97)145(124-55-19-13-49-115(124)116-50-14-20-56-125(116)145)142-139(121)143-141(123-90-81-99(93-132(123)146(143)126-57-21-15-51-117(126)118-52-16-22-58-127(118)146)72-69-96-77-86-108(87-78-96)150(137-65-29-41-104-35-5-11-47-113(104)137)138-66-30-42-105-36-6-12-48-114(105)138)144-140(142)122-89-80-98(92-131(122)147(144)128-59-23-17-53-119(128)120-54-18-24-60-129(120)147)71-68-95-75-84-107(85-76-95)149(135-63-27-39-102-33-3-9-45-111(102)135)136-64-28-40-103-34-4-10-46-112(103)136/h1-93,115,124H/b70-67+,71-68+,72-69+/t115?,124?,145-/m0/s1. The van der Waals surface area contributed by atoms with Gasteiger partial charge >= 0.3 is 0 Å². The van der Waals surface area contributed by atoms with Crippen molar-refractivity contribution >= 4 is 152 Å². The van der Waals surface area contributed by atoms with Gasteiger partial charge in [0.2, 0.25) is 0 Å². The fourth-order valence-electron chi connectivity index (χ4n) is 28.0. The number of benzene rings is 24. The Balaban J connectivity index is 0.632. The van der Waals surface area contributed by atoms with Crippen LogP contribution >= 0.6 is 0 Å². The zero-order valence-corrected chi connectivity index (χ0v) is 82.2. The number of anilines is 9. The van der Waals surface area contributed by atoms with E-state index < -0.39 is 16.2 Å². The summed E-state index contributed by atoms with van der Waals surface area (Å²) in [5, 5.41) is 14.4. The average Bonchev–Trinajstić information content (AvgIpc) is 1.45. The van der Waals surface area contributed by atoms with E-state index in [9.17, 15) is 0 Å². The van der Waals surface area contributed by atoms with E-state index in [1.807, 2.05) is 0 Å². The van der Waals surface area contributed by atoms with Crippen molar-refractivity contribution in [3.8, 4) is 55.6 Å². The molecule has 0 radical (unpaired) electrons. The Hall–Kier alpha value is -19.1. The molecule has 0 saturated carbocycles. The lowest BCUT2D eigenvalue weighted by atomic mass is 9.61. The summed E-state index contributed by atoms with van der Waals surface area (Å²) >= 11 is 0. The Kier molecular flexibility index (Phi) is 19.1. The normalized spacial score (nSPS) is 15.7. The molecule has 0 bridgehead atoms. The van der Waals surface area contributed by atoms with E-state index in [-0.39, 0.29) is 11.8 Å². The van der Waals surface area contributed by atoms with Gasteiger partial charge in [-0.25, -0.2) is 0 Å². The van der Waals surface area contributed by atoms with Crippen molar-refractivity contribution in [3.05, 3.63) is 628 Å². The highest BCUT2D eigenvalue weighted by molar-refractivity contribution is 6.15. The highest BCUT2D eigenvalue weighted by Crippen LogP contribution is 2.78. The molecule has 0 N–H and O–H groups in total. The van der Waals surface area contributed by atoms with Gasteiger partial charge in [0.15, 0.2) is 0 Å². The van der Waals surface area contributed by atoms with E-state index in [1.165, 1.54) is 187 Å². The zero-order chi connectivity index (χ0) is 98.4. The molecule has 3 spiro atoms. The number of allylic oxidation sites excluding steroid dienone is 4. The highest BCUT2D eigenvalue weighted by Gasteiger charge is 2.66. The lowest BCUT2D eigenvalue weighted by Gasteiger charge is -2.40. The van der Waals surface area contributed by atoms with E-state index in [1.54, 1.807) is 0 Å². The Morgan fingerprint density at radius 2 is 0.427 bits per heavy atom. The number of rotatable bonds is 15. The molecule has 24 aromatic carbocycles. The molecule has 0 aliphatic heterocycles. The first-order valence-electron chi connectivity index (χ1n) is 52.6. The molecule has 0 aromatic heterocycles. The Bertz CT molecular complexity index is 9540. The first kappa shape index (κ1) is 85.4. The number of nitrogens with zero attached hydrogens (tertiary/aromatic N) is 3. The van der Waals surface area contributed by atoms with Gasteiger partial charge in [-0.05, 0) is 279 Å². The predicted octanol–water partition coefficient (Wildman–Crippen LogP) is 38.4. The minimum atomic E-state index is -0.878. The van der Waals surface area contributed by atoms with E-state index in [0.29, 0.717) is 0 Å². The molecule has 24 aromatic rings. The maximum absolute atomic E-state index is 2.65. The molecule has 0 heterocycles. The molecular formula is C147H95N3. The van der Waals surface area contributed by atoms with Gasteiger partial charge < -0.3 is 14.7 Å². The Morgan fingerprint density at radius 1 is 0.180 bits per heavy atom. The summed E-state index contributed by atoms with van der Waals surface area (Å²) in [5.74, 6) is 0.00566. The third-order valence-corrected chi connectivity index (χ3v) is 34.0. The summed E-state index contributed by atoms with van der Waals surface area (Å²) in [7, 11) is 0. The van der Waals surface area contributed by atoms with Crippen molar-refractivity contribution in [1.29, 1.82) is 0 Å². The number of hydrogen-bond donors (Lipinski definition) is 0. The van der Waals surface area contributed by atoms with Crippen LogP contribution in [0.4, 0.5) is 51.2 Å². The van der Waals surface area contributed by atoms with Crippen molar-refractivity contribution in [3.63, 3.8) is 0 Å². The first-order valence-corrected chi connectivity index (χ1v) is 52.6. The van der Waals surface area contributed by atoms with E-state index >= 15 is 0 Å². The predicted molar refractivity (Wildman–Crippen MR) is 631 cm³/mol. The van der Waals surface area contributed by atoms with Gasteiger partial charge in [-0.1, -0.05) is 473 Å². The zero-order valence-electron chi connectivity index (χ0n) is 82.2. The summed E-state index contributed by atoms with van der Waals surface area (Å²) < 4.78 is 0. The second kappa shape index (κ2) is 33.5. The molecule has 2 unspecified atom stereocenters. The van der Waals surface area contributed by atoms with Crippen molar-refractivity contribution < 1.29 is 0 Å². The molecule has 31 rings (SSSR count). The molecule has 3 heteroatoms. The molecule has 0 saturated heterocycles. The maximum atomic E-state index is 2.65. The van der Waals surface area contributed by atoms with Gasteiger partial charge in [-0.2, -0.15) is 0 Å². The molecule has 0 fully saturated rings. The Morgan fingerprint density at radius 3 is 0.753 bits per heavy atom.